The zero-order valence-electron chi connectivity index (χ0n) is 11.5. The maximum atomic E-state index is 12.4. The van der Waals surface area contributed by atoms with Gasteiger partial charge in [0.25, 0.3) is 5.91 Å². The quantitative estimate of drug-likeness (QED) is 0.795. The SMILES string of the molecule is Cc1ccc(C#CCN)c(C(=O)NC2(C)CCC2)c1. The van der Waals surface area contributed by atoms with Crippen LogP contribution >= 0.6 is 0 Å². The number of nitrogens with two attached hydrogens (primary N) is 1. The van der Waals surface area contributed by atoms with E-state index in [0.717, 1.165) is 24.0 Å². The van der Waals surface area contributed by atoms with Crippen LogP contribution in [0.3, 0.4) is 0 Å². The molecular formula is C16H20N2O. The topological polar surface area (TPSA) is 55.1 Å². The standard InChI is InChI=1S/C16H20N2O/c1-12-6-7-13(5-3-10-17)14(11-12)15(19)18-16(2)8-4-9-16/h6-7,11H,4,8-10,17H2,1-2H3,(H,18,19). The number of nitrogens with one attached hydrogen (secondary N) is 1. The van der Waals surface area contributed by atoms with Gasteiger partial charge < -0.3 is 11.1 Å². The third kappa shape index (κ3) is 3.15. The predicted molar refractivity (Wildman–Crippen MR) is 76.8 cm³/mol. The molecule has 3 N–H and O–H groups in total. The van der Waals surface area contributed by atoms with Crippen molar-refractivity contribution in [2.75, 3.05) is 6.54 Å². The van der Waals surface area contributed by atoms with Gasteiger partial charge in [0.1, 0.15) is 0 Å². The summed E-state index contributed by atoms with van der Waals surface area (Å²) in [6, 6.07) is 5.73. The van der Waals surface area contributed by atoms with E-state index >= 15 is 0 Å². The third-order valence-electron chi connectivity index (χ3n) is 3.62. The maximum Gasteiger partial charge on any atom is 0.252 e. The Labute approximate surface area is 114 Å². The van der Waals surface area contributed by atoms with Crippen LogP contribution in [0.2, 0.25) is 0 Å². The van der Waals surface area contributed by atoms with Gasteiger partial charge >= 0.3 is 0 Å². The van der Waals surface area contributed by atoms with Gasteiger partial charge in [-0.3, -0.25) is 4.79 Å². The lowest BCUT2D eigenvalue weighted by Gasteiger charge is -2.39. The van der Waals surface area contributed by atoms with Gasteiger partial charge in [0.15, 0.2) is 0 Å². The van der Waals surface area contributed by atoms with E-state index in [1.54, 1.807) is 0 Å². The Morgan fingerprint density at radius 3 is 2.79 bits per heavy atom. The molecule has 3 nitrogen and oxygen atoms in total. The second kappa shape index (κ2) is 5.46. The molecule has 2 rings (SSSR count). The Balaban J connectivity index is 2.26. The Hall–Kier alpha value is -1.79. The largest absolute Gasteiger partial charge is 0.347 e. The van der Waals surface area contributed by atoms with E-state index in [1.807, 2.05) is 25.1 Å². The highest BCUT2D eigenvalue weighted by molar-refractivity contribution is 5.97. The summed E-state index contributed by atoms with van der Waals surface area (Å²) < 4.78 is 0. The molecule has 0 spiro atoms. The molecule has 1 aromatic carbocycles. The van der Waals surface area contributed by atoms with Gasteiger partial charge in [0.05, 0.1) is 12.1 Å². The number of hydrogen-bond acceptors (Lipinski definition) is 2. The number of carbonyl (C=O) groups excluding carboxylic acids is 1. The van der Waals surface area contributed by atoms with E-state index in [2.05, 4.69) is 24.1 Å². The molecule has 1 aliphatic rings. The van der Waals surface area contributed by atoms with Crippen molar-refractivity contribution >= 4 is 5.91 Å². The molecule has 0 aliphatic heterocycles. The number of rotatable bonds is 2. The van der Waals surface area contributed by atoms with Crippen LogP contribution < -0.4 is 11.1 Å². The molecule has 0 saturated heterocycles. The molecule has 19 heavy (non-hydrogen) atoms. The zero-order valence-corrected chi connectivity index (χ0v) is 11.5. The number of amides is 1. The molecule has 1 saturated carbocycles. The zero-order chi connectivity index (χ0) is 13.9. The molecule has 1 aromatic rings. The normalized spacial score (nSPS) is 15.9. The Morgan fingerprint density at radius 1 is 1.47 bits per heavy atom. The summed E-state index contributed by atoms with van der Waals surface area (Å²) in [6.07, 6.45) is 3.28. The first-order valence-electron chi connectivity index (χ1n) is 6.66. The molecule has 0 bridgehead atoms. The number of aryl methyl sites for hydroxylation is 1. The van der Waals surface area contributed by atoms with E-state index in [4.69, 9.17) is 5.73 Å². The van der Waals surface area contributed by atoms with E-state index in [-0.39, 0.29) is 11.4 Å². The van der Waals surface area contributed by atoms with Gasteiger partial charge in [-0.2, -0.15) is 0 Å². The van der Waals surface area contributed by atoms with E-state index in [9.17, 15) is 4.79 Å². The van der Waals surface area contributed by atoms with Crippen molar-refractivity contribution < 1.29 is 4.79 Å². The maximum absolute atomic E-state index is 12.4. The smallest absolute Gasteiger partial charge is 0.252 e. The first-order chi connectivity index (χ1) is 9.04. The molecule has 0 heterocycles. The monoisotopic (exact) mass is 256 g/mol. The van der Waals surface area contributed by atoms with Crippen molar-refractivity contribution in [1.29, 1.82) is 0 Å². The van der Waals surface area contributed by atoms with Crippen LogP contribution in [0.15, 0.2) is 18.2 Å². The summed E-state index contributed by atoms with van der Waals surface area (Å²) in [6.45, 7) is 4.37. The minimum Gasteiger partial charge on any atom is -0.347 e. The fourth-order valence-electron chi connectivity index (χ4n) is 2.27. The van der Waals surface area contributed by atoms with Gasteiger partial charge in [0.2, 0.25) is 0 Å². The molecular weight excluding hydrogens is 236 g/mol. The molecule has 0 aromatic heterocycles. The second-order valence-corrected chi connectivity index (χ2v) is 5.42. The average Bonchev–Trinajstić information content (AvgIpc) is 2.35. The number of carbonyl (C=O) groups is 1. The molecule has 1 fully saturated rings. The Bertz CT molecular complexity index is 548. The molecule has 1 amide bonds. The van der Waals surface area contributed by atoms with Crippen LogP contribution in [0.1, 0.15) is 47.7 Å². The highest BCUT2D eigenvalue weighted by atomic mass is 16.1. The fourth-order valence-corrected chi connectivity index (χ4v) is 2.27. The van der Waals surface area contributed by atoms with Crippen molar-refractivity contribution in [3.05, 3.63) is 34.9 Å². The molecule has 1 aliphatic carbocycles. The predicted octanol–water partition coefficient (Wildman–Crippen LogP) is 1.98. The van der Waals surface area contributed by atoms with E-state index in [0.29, 0.717) is 12.1 Å². The highest BCUT2D eigenvalue weighted by Crippen LogP contribution is 2.31. The van der Waals surface area contributed by atoms with E-state index in [1.165, 1.54) is 6.42 Å². The Kier molecular flexibility index (Phi) is 3.92. The summed E-state index contributed by atoms with van der Waals surface area (Å²) in [5.41, 5.74) is 7.80. The van der Waals surface area contributed by atoms with Gasteiger partial charge in [-0.05, 0) is 45.2 Å². The minimum atomic E-state index is -0.0423. The van der Waals surface area contributed by atoms with Crippen molar-refractivity contribution in [2.24, 2.45) is 5.73 Å². The Morgan fingerprint density at radius 2 is 2.21 bits per heavy atom. The lowest BCUT2D eigenvalue weighted by Crippen LogP contribution is -2.51. The summed E-state index contributed by atoms with van der Waals surface area (Å²) in [7, 11) is 0. The third-order valence-corrected chi connectivity index (χ3v) is 3.62. The molecule has 3 heteroatoms. The fraction of sp³-hybridized carbons (Fsp3) is 0.438. The van der Waals surface area contributed by atoms with Crippen molar-refractivity contribution in [2.45, 2.75) is 38.6 Å². The first kappa shape index (κ1) is 13.6. The van der Waals surface area contributed by atoms with Crippen molar-refractivity contribution in [1.82, 2.24) is 5.32 Å². The van der Waals surface area contributed by atoms with Crippen LogP contribution in [-0.2, 0) is 0 Å². The lowest BCUT2D eigenvalue weighted by molar-refractivity contribution is 0.0850. The summed E-state index contributed by atoms with van der Waals surface area (Å²) >= 11 is 0. The van der Waals surface area contributed by atoms with Crippen LogP contribution in [0, 0.1) is 18.8 Å². The molecule has 0 atom stereocenters. The van der Waals surface area contributed by atoms with Crippen LogP contribution in [0.25, 0.3) is 0 Å². The minimum absolute atomic E-state index is 0.0350. The van der Waals surface area contributed by atoms with Gasteiger partial charge in [-0.25, -0.2) is 0 Å². The van der Waals surface area contributed by atoms with Crippen LogP contribution in [0.4, 0.5) is 0 Å². The molecule has 100 valence electrons. The van der Waals surface area contributed by atoms with Crippen LogP contribution in [-0.4, -0.2) is 18.0 Å². The lowest BCUT2D eigenvalue weighted by atomic mass is 9.78. The molecule has 0 unspecified atom stereocenters. The van der Waals surface area contributed by atoms with Gasteiger partial charge in [-0.1, -0.05) is 23.5 Å². The first-order valence-corrected chi connectivity index (χ1v) is 6.66. The number of benzene rings is 1. The van der Waals surface area contributed by atoms with Crippen molar-refractivity contribution in [3.8, 4) is 11.8 Å². The van der Waals surface area contributed by atoms with Crippen LogP contribution in [0.5, 0.6) is 0 Å². The van der Waals surface area contributed by atoms with Gasteiger partial charge in [-0.15, -0.1) is 0 Å². The molecule has 0 radical (unpaired) electrons. The van der Waals surface area contributed by atoms with Gasteiger partial charge in [0, 0.05) is 11.1 Å². The second-order valence-electron chi connectivity index (χ2n) is 5.42. The average molecular weight is 256 g/mol. The highest BCUT2D eigenvalue weighted by Gasteiger charge is 2.33. The van der Waals surface area contributed by atoms with E-state index < -0.39 is 0 Å². The summed E-state index contributed by atoms with van der Waals surface area (Å²) in [4.78, 5) is 12.4. The summed E-state index contributed by atoms with van der Waals surface area (Å²) in [5.74, 6) is 5.74. The van der Waals surface area contributed by atoms with Crippen molar-refractivity contribution in [3.63, 3.8) is 0 Å². The number of hydrogen-bond donors (Lipinski definition) is 2. The summed E-state index contributed by atoms with van der Waals surface area (Å²) in [5, 5.41) is 3.12.